The smallest absolute Gasteiger partial charge is 0.387 e. The van der Waals surface area contributed by atoms with Crippen LogP contribution in [0.15, 0.2) is 48.6 Å². The van der Waals surface area contributed by atoms with Crippen LogP contribution in [0.3, 0.4) is 0 Å². The van der Waals surface area contributed by atoms with Crippen molar-refractivity contribution >= 4 is 13.7 Å². The van der Waals surface area contributed by atoms with E-state index in [4.69, 9.17) is 14.8 Å². The van der Waals surface area contributed by atoms with Gasteiger partial charge in [0.25, 0.3) is 0 Å². The lowest BCUT2D eigenvalue weighted by Gasteiger charge is -2.23. The molecule has 0 saturated heterocycles. The first kappa shape index (κ1) is 58.5. The van der Waals surface area contributed by atoms with Crippen molar-refractivity contribution in [1.82, 2.24) is 5.32 Å². The highest BCUT2D eigenvalue weighted by Crippen LogP contribution is 2.43. The second-order valence-electron chi connectivity index (χ2n) is 17.0. The minimum atomic E-state index is -4.35. The Labute approximate surface area is 371 Å². The molecule has 0 aromatic carbocycles. The Bertz CT molecular complexity index is 1080. The predicted octanol–water partition coefficient (Wildman–Crippen LogP) is 14.8. The van der Waals surface area contributed by atoms with Crippen molar-refractivity contribution in [3.63, 3.8) is 0 Å². The van der Waals surface area contributed by atoms with Gasteiger partial charge in [0.2, 0.25) is 5.91 Å². The number of unbranched alkanes of at least 4 members (excludes halogenated alkanes) is 29. The van der Waals surface area contributed by atoms with E-state index in [1.165, 1.54) is 161 Å². The molecular formula is C51H97N2O6P. The van der Waals surface area contributed by atoms with E-state index in [2.05, 4.69) is 55.6 Å². The average Bonchev–Trinajstić information content (AvgIpc) is 3.24. The van der Waals surface area contributed by atoms with E-state index in [1.54, 1.807) is 6.08 Å². The Kier molecular flexibility index (Phi) is 45.7. The van der Waals surface area contributed by atoms with Crippen LogP contribution >= 0.6 is 7.82 Å². The number of carbonyl (C=O) groups is 1. The van der Waals surface area contributed by atoms with Crippen molar-refractivity contribution in [3.05, 3.63) is 48.6 Å². The molecule has 0 fully saturated rings. The summed E-state index contributed by atoms with van der Waals surface area (Å²) in [4.78, 5) is 22.8. The predicted molar refractivity (Wildman–Crippen MR) is 258 cm³/mol. The van der Waals surface area contributed by atoms with E-state index >= 15 is 0 Å². The van der Waals surface area contributed by atoms with Crippen molar-refractivity contribution in [1.29, 1.82) is 0 Å². The fourth-order valence-corrected chi connectivity index (χ4v) is 8.08. The van der Waals surface area contributed by atoms with Gasteiger partial charge in [-0.2, -0.15) is 0 Å². The highest BCUT2D eigenvalue weighted by atomic mass is 31.2. The molecular weight excluding hydrogens is 768 g/mol. The van der Waals surface area contributed by atoms with Crippen molar-refractivity contribution < 1.29 is 28.4 Å². The Morgan fingerprint density at radius 1 is 0.550 bits per heavy atom. The molecule has 0 saturated carbocycles. The maximum atomic E-state index is 12.8. The van der Waals surface area contributed by atoms with Crippen LogP contribution in [-0.2, 0) is 18.4 Å². The number of carbonyl (C=O) groups excluding carboxylic acids is 1. The van der Waals surface area contributed by atoms with E-state index in [-0.39, 0.29) is 25.7 Å². The first-order valence-electron chi connectivity index (χ1n) is 25.3. The Hall–Kier alpha value is -1.54. The lowest BCUT2D eigenvalue weighted by Crippen LogP contribution is -2.45. The van der Waals surface area contributed by atoms with Crippen LogP contribution in [0.4, 0.5) is 0 Å². The van der Waals surface area contributed by atoms with Gasteiger partial charge in [-0.05, 0) is 57.8 Å². The molecule has 0 rings (SSSR count). The lowest BCUT2D eigenvalue weighted by atomic mass is 10.0. The first-order chi connectivity index (χ1) is 29.4. The van der Waals surface area contributed by atoms with E-state index in [0.717, 1.165) is 57.8 Å². The van der Waals surface area contributed by atoms with Gasteiger partial charge in [-0.15, -0.1) is 0 Å². The molecule has 0 radical (unpaired) electrons. The Balaban J connectivity index is 4.13. The Morgan fingerprint density at radius 2 is 0.917 bits per heavy atom. The fourth-order valence-electron chi connectivity index (χ4n) is 7.32. The topological polar surface area (TPSA) is 131 Å². The van der Waals surface area contributed by atoms with Crippen LogP contribution in [0.2, 0.25) is 0 Å². The number of rotatable bonds is 47. The number of amides is 1. The number of phosphoric acid groups is 1. The highest BCUT2D eigenvalue weighted by molar-refractivity contribution is 7.47. The molecule has 0 aromatic rings. The molecule has 3 unspecified atom stereocenters. The van der Waals surface area contributed by atoms with Crippen molar-refractivity contribution in [3.8, 4) is 0 Å². The van der Waals surface area contributed by atoms with Crippen LogP contribution < -0.4 is 11.1 Å². The molecule has 0 bridgehead atoms. The molecule has 352 valence electrons. The average molecular weight is 865 g/mol. The summed E-state index contributed by atoms with van der Waals surface area (Å²) in [5, 5.41) is 13.7. The minimum absolute atomic E-state index is 0.0761. The molecule has 5 N–H and O–H groups in total. The summed E-state index contributed by atoms with van der Waals surface area (Å²) in [5.74, 6) is -0.201. The van der Waals surface area contributed by atoms with E-state index in [0.29, 0.717) is 6.42 Å². The van der Waals surface area contributed by atoms with Gasteiger partial charge in [0.05, 0.1) is 25.4 Å². The summed E-state index contributed by atoms with van der Waals surface area (Å²) >= 11 is 0. The summed E-state index contributed by atoms with van der Waals surface area (Å²) in [6.07, 6.45) is 58.8. The lowest BCUT2D eigenvalue weighted by molar-refractivity contribution is -0.123. The molecule has 0 aliphatic heterocycles. The fraction of sp³-hybridized carbons (Fsp3) is 0.824. The number of allylic oxidation sites excluding steroid dienone is 7. The van der Waals surface area contributed by atoms with Gasteiger partial charge in [0.1, 0.15) is 0 Å². The number of phosphoric ester groups is 1. The molecule has 60 heavy (non-hydrogen) atoms. The summed E-state index contributed by atoms with van der Waals surface area (Å²) in [5.41, 5.74) is 5.39. The molecule has 0 aliphatic carbocycles. The van der Waals surface area contributed by atoms with Gasteiger partial charge in [0, 0.05) is 13.0 Å². The van der Waals surface area contributed by atoms with Crippen LogP contribution in [0.1, 0.15) is 239 Å². The van der Waals surface area contributed by atoms with E-state index < -0.39 is 20.0 Å². The number of hydrogen-bond donors (Lipinski definition) is 4. The number of aliphatic hydroxyl groups is 1. The number of aliphatic hydroxyl groups excluding tert-OH is 1. The first-order valence-corrected chi connectivity index (χ1v) is 26.8. The van der Waals surface area contributed by atoms with Gasteiger partial charge in [-0.1, -0.05) is 223 Å². The third-order valence-corrected chi connectivity index (χ3v) is 12.1. The molecule has 8 nitrogen and oxygen atoms in total. The SMILES string of the molecule is CCCCCCC/C=C\C/C=C\C/C=C\CCCCCCCCCCC(=O)NC(COP(=O)(O)OCCN)C(O)/C=C/CCCCCCCCCCCCCCCCCC. The quantitative estimate of drug-likeness (QED) is 0.0272. The molecule has 1 amide bonds. The molecule has 9 heteroatoms. The molecule has 0 spiro atoms. The zero-order valence-corrected chi connectivity index (χ0v) is 40.1. The van der Waals surface area contributed by atoms with Crippen LogP contribution in [0.25, 0.3) is 0 Å². The zero-order chi connectivity index (χ0) is 43.9. The number of nitrogens with one attached hydrogen (secondary N) is 1. The molecule has 0 heterocycles. The second-order valence-corrected chi connectivity index (χ2v) is 18.5. The largest absolute Gasteiger partial charge is 0.472 e. The molecule has 3 atom stereocenters. The summed E-state index contributed by atoms with van der Waals surface area (Å²) < 4.78 is 22.2. The highest BCUT2D eigenvalue weighted by Gasteiger charge is 2.26. The van der Waals surface area contributed by atoms with Gasteiger partial charge in [-0.3, -0.25) is 13.8 Å². The summed E-state index contributed by atoms with van der Waals surface area (Å²) in [6.45, 7) is 4.14. The maximum Gasteiger partial charge on any atom is 0.472 e. The van der Waals surface area contributed by atoms with Crippen LogP contribution in [0.5, 0.6) is 0 Å². The number of nitrogens with two attached hydrogens (primary N) is 1. The van der Waals surface area contributed by atoms with Crippen molar-refractivity contribution in [2.75, 3.05) is 19.8 Å². The van der Waals surface area contributed by atoms with Gasteiger partial charge >= 0.3 is 7.82 Å². The number of hydrogen-bond acceptors (Lipinski definition) is 6. The normalized spacial score (nSPS) is 14.3. The van der Waals surface area contributed by atoms with Crippen molar-refractivity contribution in [2.24, 2.45) is 5.73 Å². The monoisotopic (exact) mass is 865 g/mol. The second kappa shape index (κ2) is 47.0. The summed E-state index contributed by atoms with van der Waals surface area (Å²) in [7, 11) is -4.35. The van der Waals surface area contributed by atoms with Gasteiger partial charge < -0.3 is 21.1 Å². The zero-order valence-electron chi connectivity index (χ0n) is 39.2. The third kappa shape index (κ3) is 44.5. The third-order valence-electron chi connectivity index (χ3n) is 11.1. The van der Waals surface area contributed by atoms with Gasteiger partial charge in [-0.25, -0.2) is 4.57 Å². The van der Waals surface area contributed by atoms with Gasteiger partial charge in [0.15, 0.2) is 0 Å². The van der Waals surface area contributed by atoms with E-state index in [9.17, 15) is 19.4 Å². The Morgan fingerprint density at radius 3 is 1.33 bits per heavy atom. The van der Waals surface area contributed by atoms with E-state index in [1.807, 2.05) is 6.08 Å². The summed E-state index contributed by atoms with van der Waals surface area (Å²) in [6, 6.07) is -0.866. The molecule has 0 aromatic heterocycles. The van der Waals surface area contributed by atoms with Crippen LogP contribution in [-0.4, -0.2) is 47.8 Å². The standard InChI is InChI=1S/C51H97N2O6P/c1-3-5-7-9-11-13-15-17-19-21-23-24-25-26-27-29-31-33-35-37-39-41-43-45-51(55)53-49(48-59-60(56,57)58-47-46-52)50(54)44-42-40-38-36-34-32-30-28-22-20-18-16-14-12-10-8-6-4-2/h15,17,21,23,25-26,42,44,49-50,54H,3-14,16,18-20,22,24,27-41,43,45-48,52H2,1-2H3,(H,53,55)(H,56,57)/b17-15-,23-21-,26-25-,44-42+. The maximum absolute atomic E-state index is 12.8. The minimum Gasteiger partial charge on any atom is -0.387 e. The van der Waals surface area contributed by atoms with Crippen LogP contribution in [0, 0.1) is 0 Å². The van der Waals surface area contributed by atoms with Crippen molar-refractivity contribution in [2.45, 2.75) is 251 Å². The molecule has 0 aliphatic rings.